The zero-order chi connectivity index (χ0) is 25.1. The maximum Gasteiger partial charge on any atom is 0.258 e. The molecule has 1 aliphatic heterocycles. The third-order valence-corrected chi connectivity index (χ3v) is 10.00. The number of hydrogen-bond acceptors (Lipinski definition) is 4. The largest absolute Gasteiger partial charge is 0.388 e. The Hall–Kier alpha value is -2.38. The second kappa shape index (κ2) is 8.59. The minimum absolute atomic E-state index is 0.0543. The fourth-order valence-corrected chi connectivity index (χ4v) is 7.26. The van der Waals surface area contributed by atoms with Gasteiger partial charge in [-0.15, -0.1) is 0 Å². The molecule has 1 heterocycles. The Morgan fingerprint density at radius 2 is 1.81 bits per heavy atom. The molecule has 3 fully saturated rings. The van der Waals surface area contributed by atoms with Gasteiger partial charge in [0.05, 0.1) is 12.4 Å². The molecule has 0 unspecified atom stereocenters. The van der Waals surface area contributed by atoms with Crippen LogP contribution in [0.25, 0.3) is 0 Å². The van der Waals surface area contributed by atoms with Gasteiger partial charge in [-0.1, -0.05) is 31.4 Å². The highest BCUT2D eigenvalue weighted by Gasteiger charge is 2.53. The number of nitrogens with zero attached hydrogens (tertiary/aromatic N) is 1. The quantitative estimate of drug-likeness (QED) is 0.537. The average Bonchev–Trinajstić information content (AvgIpc) is 3.52. The van der Waals surface area contributed by atoms with Crippen LogP contribution in [0.3, 0.4) is 0 Å². The number of fused-ring (bicyclic) bond motifs is 2. The Morgan fingerprint density at radius 1 is 1.08 bits per heavy atom. The molecule has 192 valence electrons. The summed E-state index contributed by atoms with van der Waals surface area (Å²) in [5.74, 6) is 0.529. The third kappa shape index (κ3) is 4.45. The third-order valence-electron chi connectivity index (χ3n) is 9.39. The number of amides is 1. The summed E-state index contributed by atoms with van der Waals surface area (Å²) in [6.45, 7) is 0.619. The van der Waals surface area contributed by atoms with Gasteiger partial charge in [-0.3, -0.25) is 9.52 Å². The molecule has 3 saturated carbocycles. The van der Waals surface area contributed by atoms with Crippen LogP contribution in [0.4, 0.5) is 11.4 Å². The summed E-state index contributed by atoms with van der Waals surface area (Å²) in [5, 5.41) is 10.8. The lowest BCUT2D eigenvalue weighted by atomic mass is 9.66. The van der Waals surface area contributed by atoms with E-state index in [0.717, 1.165) is 42.3 Å². The van der Waals surface area contributed by atoms with Gasteiger partial charge in [0.1, 0.15) is 0 Å². The molecule has 6 nitrogen and oxygen atoms in total. The number of sulfonamides is 1. The molecule has 36 heavy (non-hydrogen) atoms. The van der Waals surface area contributed by atoms with Crippen molar-refractivity contribution >= 4 is 27.3 Å². The molecule has 4 aliphatic rings. The molecule has 0 radical (unpaired) electrons. The molecular weight excluding hydrogens is 472 g/mol. The van der Waals surface area contributed by atoms with E-state index in [1.165, 1.54) is 44.9 Å². The molecule has 1 amide bonds. The van der Waals surface area contributed by atoms with Crippen LogP contribution in [-0.2, 0) is 15.4 Å². The van der Waals surface area contributed by atoms with Gasteiger partial charge in [-0.05, 0) is 97.7 Å². The van der Waals surface area contributed by atoms with Crippen molar-refractivity contribution in [1.29, 1.82) is 0 Å². The molecule has 0 bridgehead atoms. The minimum Gasteiger partial charge on any atom is -0.388 e. The number of benzene rings is 2. The maximum absolute atomic E-state index is 13.9. The van der Waals surface area contributed by atoms with Crippen LogP contribution in [0.1, 0.15) is 91.8 Å². The molecule has 1 atom stereocenters. The van der Waals surface area contributed by atoms with Crippen molar-refractivity contribution in [2.45, 2.75) is 75.7 Å². The number of aliphatic hydroxyl groups excluding tert-OH is 1. The second-order valence-corrected chi connectivity index (χ2v) is 13.7. The van der Waals surface area contributed by atoms with E-state index in [1.807, 2.05) is 41.3 Å². The van der Waals surface area contributed by atoms with Crippen LogP contribution in [0.5, 0.6) is 0 Å². The number of anilines is 2. The number of nitrogens with one attached hydrogen (secondary N) is 1. The van der Waals surface area contributed by atoms with Crippen molar-refractivity contribution < 1.29 is 18.3 Å². The first-order valence-corrected chi connectivity index (χ1v) is 15.3. The van der Waals surface area contributed by atoms with Crippen LogP contribution in [0.15, 0.2) is 42.5 Å². The highest BCUT2D eigenvalue weighted by Crippen LogP contribution is 2.62. The number of carbonyl (C=O) groups is 1. The van der Waals surface area contributed by atoms with E-state index in [1.54, 1.807) is 6.07 Å². The lowest BCUT2D eigenvalue weighted by molar-refractivity contribution is 0.0979. The summed E-state index contributed by atoms with van der Waals surface area (Å²) in [4.78, 5) is 15.8. The van der Waals surface area contributed by atoms with Crippen LogP contribution >= 0.6 is 0 Å². The molecular formula is C29H36N2O4S. The Kier molecular flexibility index (Phi) is 5.72. The SMILES string of the molecule is CS(=O)(=O)Nc1ccc2c(c1)C1(CCC3(CC3)CC1)CN2C(=O)c1cccc([C@H](O)CC2CCC2)c1. The Bertz CT molecular complexity index is 1290. The molecule has 2 aromatic rings. The fourth-order valence-electron chi connectivity index (χ4n) is 6.71. The lowest BCUT2D eigenvalue weighted by Gasteiger charge is -2.38. The standard InChI is InChI=1S/C29H36N2O4S/c1-36(34,35)30-23-8-9-25-24(18-23)29(14-12-28(10-11-28)13-15-29)19-31(25)27(33)22-7-3-6-21(17-22)26(32)16-20-4-2-5-20/h3,6-9,17-18,20,26,30,32H,2,4-5,10-16,19H2,1H3/t26-/m1/s1. The van der Waals surface area contributed by atoms with E-state index < -0.39 is 16.1 Å². The van der Waals surface area contributed by atoms with Crippen molar-refractivity contribution in [3.8, 4) is 0 Å². The summed E-state index contributed by atoms with van der Waals surface area (Å²) < 4.78 is 26.4. The molecule has 6 rings (SSSR count). The molecule has 2 spiro atoms. The first-order valence-electron chi connectivity index (χ1n) is 13.4. The first kappa shape index (κ1) is 24.0. The zero-order valence-corrected chi connectivity index (χ0v) is 21.8. The number of hydrogen-bond donors (Lipinski definition) is 2. The first-order chi connectivity index (χ1) is 17.2. The lowest BCUT2D eigenvalue weighted by Crippen LogP contribution is -2.40. The van der Waals surface area contributed by atoms with Crippen LogP contribution in [-0.4, -0.2) is 32.2 Å². The average molecular weight is 509 g/mol. The van der Waals surface area contributed by atoms with Crippen molar-refractivity contribution in [2.75, 3.05) is 22.4 Å². The molecule has 0 aromatic heterocycles. The molecule has 0 saturated heterocycles. The molecule has 7 heteroatoms. The Balaban J connectivity index is 1.31. The van der Waals surface area contributed by atoms with E-state index in [2.05, 4.69) is 4.72 Å². The van der Waals surface area contributed by atoms with Gasteiger partial charge in [-0.25, -0.2) is 8.42 Å². The summed E-state index contributed by atoms with van der Waals surface area (Å²) in [5.41, 5.74) is 4.29. The highest BCUT2D eigenvalue weighted by molar-refractivity contribution is 7.92. The Labute approximate surface area is 214 Å². The van der Waals surface area contributed by atoms with Gasteiger partial charge in [0.15, 0.2) is 0 Å². The van der Waals surface area contributed by atoms with Crippen molar-refractivity contribution in [3.05, 3.63) is 59.2 Å². The predicted octanol–water partition coefficient (Wildman–Crippen LogP) is 5.53. The minimum atomic E-state index is -3.39. The van der Waals surface area contributed by atoms with Gasteiger partial charge < -0.3 is 10.0 Å². The van der Waals surface area contributed by atoms with Crippen LogP contribution in [0.2, 0.25) is 0 Å². The number of aliphatic hydroxyl groups is 1. The maximum atomic E-state index is 13.9. The van der Waals surface area contributed by atoms with E-state index >= 15 is 0 Å². The molecule has 2 N–H and O–H groups in total. The van der Waals surface area contributed by atoms with Gasteiger partial charge in [0.2, 0.25) is 10.0 Å². The monoisotopic (exact) mass is 508 g/mol. The van der Waals surface area contributed by atoms with Crippen LogP contribution < -0.4 is 9.62 Å². The van der Waals surface area contributed by atoms with Crippen molar-refractivity contribution in [3.63, 3.8) is 0 Å². The van der Waals surface area contributed by atoms with E-state index in [0.29, 0.717) is 29.1 Å². The molecule has 3 aliphatic carbocycles. The second-order valence-electron chi connectivity index (χ2n) is 12.0. The normalized spacial score (nSPS) is 22.8. The van der Waals surface area contributed by atoms with Gasteiger partial charge >= 0.3 is 0 Å². The van der Waals surface area contributed by atoms with E-state index in [-0.39, 0.29) is 11.3 Å². The predicted molar refractivity (Wildman–Crippen MR) is 142 cm³/mol. The highest BCUT2D eigenvalue weighted by atomic mass is 32.2. The fraction of sp³-hybridized carbons (Fsp3) is 0.552. The van der Waals surface area contributed by atoms with Crippen LogP contribution in [0, 0.1) is 11.3 Å². The number of carbonyl (C=O) groups excluding carboxylic acids is 1. The van der Waals surface area contributed by atoms with Gasteiger partial charge in [-0.2, -0.15) is 0 Å². The van der Waals surface area contributed by atoms with Crippen molar-refractivity contribution in [2.24, 2.45) is 11.3 Å². The van der Waals surface area contributed by atoms with Gasteiger partial charge in [0, 0.05) is 28.9 Å². The zero-order valence-electron chi connectivity index (χ0n) is 21.0. The van der Waals surface area contributed by atoms with E-state index in [4.69, 9.17) is 0 Å². The summed E-state index contributed by atoms with van der Waals surface area (Å²) in [6.07, 6.45) is 12.0. The number of rotatable bonds is 6. The van der Waals surface area contributed by atoms with Crippen molar-refractivity contribution in [1.82, 2.24) is 0 Å². The Morgan fingerprint density at radius 3 is 2.44 bits per heavy atom. The topological polar surface area (TPSA) is 86.7 Å². The van der Waals surface area contributed by atoms with Gasteiger partial charge in [0.25, 0.3) is 5.91 Å². The summed E-state index contributed by atoms with van der Waals surface area (Å²) in [6, 6.07) is 13.1. The molecule has 2 aromatic carbocycles. The smallest absolute Gasteiger partial charge is 0.258 e. The van der Waals surface area contributed by atoms with E-state index in [9.17, 15) is 18.3 Å². The summed E-state index contributed by atoms with van der Waals surface area (Å²) >= 11 is 0. The summed E-state index contributed by atoms with van der Waals surface area (Å²) in [7, 11) is -3.39.